The van der Waals surface area contributed by atoms with Crippen LogP contribution >= 0.6 is 0 Å². The summed E-state index contributed by atoms with van der Waals surface area (Å²) in [7, 11) is -1.18. The number of nitrogens with zero attached hydrogens (tertiary/aromatic N) is 1. The van der Waals surface area contributed by atoms with Crippen LogP contribution in [0.2, 0.25) is 0 Å². The zero-order valence-corrected chi connectivity index (χ0v) is 21.5. The summed E-state index contributed by atoms with van der Waals surface area (Å²) in [6.45, 7) is 6.89. The van der Waals surface area contributed by atoms with Gasteiger partial charge in [-0.25, -0.2) is 13.7 Å². The maximum Gasteiger partial charge on any atom is 0.410 e. The molecule has 9 heteroatoms. The van der Waals surface area contributed by atoms with Gasteiger partial charge in [0, 0.05) is 23.9 Å². The molecule has 2 fully saturated rings. The predicted molar refractivity (Wildman–Crippen MR) is 131 cm³/mol. The molecule has 34 heavy (non-hydrogen) atoms. The Balaban J connectivity index is 1.55. The summed E-state index contributed by atoms with van der Waals surface area (Å²) < 4.78 is 39.0. The van der Waals surface area contributed by atoms with E-state index in [1.807, 2.05) is 32.9 Å². The molecule has 0 spiro atoms. The van der Waals surface area contributed by atoms with Crippen LogP contribution in [0.15, 0.2) is 18.2 Å². The Hall–Kier alpha value is -1.84. The molecular weight excluding hydrogens is 456 g/mol. The van der Waals surface area contributed by atoms with Gasteiger partial charge in [-0.15, -0.1) is 0 Å². The molecule has 1 saturated carbocycles. The monoisotopic (exact) mass is 494 g/mol. The lowest BCUT2D eigenvalue weighted by molar-refractivity contribution is -0.0115. The van der Waals surface area contributed by atoms with Gasteiger partial charge in [-0.2, -0.15) is 0 Å². The first-order valence-electron chi connectivity index (χ1n) is 12.4. The van der Waals surface area contributed by atoms with Crippen LogP contribution in [0.25, 0.3) is 0 Å². The maximum atomic E-state index is 13.0. The molecule has 1 aromatic rings. The summed E-state index contributed by atoms with van der Waals surface area (Å²) in [6.07, 6.45) is 6.09. The molecule has 0 radical (unpaired) electrons. The standard InChI is InChI=1S/C25H38N2O6S/c1-16(2)33-24-10-9-20-14-21(24)18-5-7-19(8-6-18)32-15-23-22(26-34(4)29)13-17(3)27(23)25(28)31-12-11-30-20/h9-10,14,16-19,22-23,26H,5-8,11-13,15H2,1-4H3. The average molecular weight is 495 g/mol. The molecule has 4 atom stereocenters. The maximum absolute atomic E-state index is 13.0. The van der Waals surface area contributed by atoms with Crippen molar-refractivity contribution in [2.24, 2.45) is 0 Å². The number of rotatable bonds is 4. The first-order chi connectivity index (χ1) is 16.3. The van der Waals surface area contributed by atoms with E-state index in [2.05, 4.69) is 10.8 Å². The molecule has 0 aromatic heterocycles. The van der Waals surface area contributed by atoms with E-state index in [4.69, 9.17) is 18.9 Å². The Morgan fingerprint density at radius 1 is 1.15 bits per heavy atom. The summed E-state index contributed by atoms with van der Waals surface area (Å²) in [5, 5.41) is 0. The van der Waals surface area contributed by atoms with Gasteiger partial charge >= 0.3 is 6.09 Å². The second-order valence-electron chi connectivity index (χ2n) is 9.87. The lowest BCUT2D eigenvalue weighted by Crippen LogP contribution is -2.50. The Labute approximate surface area is 205 Å². The fraction of sp³-hybridized carbons (Fsp3) is 0.720. The molecule has 4 bridgehead atoms. The van der Waals surface area contributed by atoms with Gasteiger partial charge in [0.25, 0.3) is 0 Å². The molecule has 5 rings (SSSR count). The van der Waals surface area contributed by atoms with Gasteiger partial charge < -0.3 is 18.9 Å². The second kappa shape index (κ2) is 11.3. The predicted octanol–water partition coefficient (Wildman–Crippen LogP) is 3.76. The van der Waals surface area contributed by atoms with E-state index < -0.39 is 11.0 Å². The molecule has 8 nitrogen and oxygen atoms in total. The number of hydrogen-bond donors (Lipinski definition) is 1. The number of hydrogen-bond acceptors (Lipinski definition) is 6. The minimum absolute atomic E-state index is 0.0336. The molecule has 3 aliphatic heterocycles. The van der Waals surface area contributed by atoms with Crippen molar-refractivity contribution in [2.75, 3.05) is 26.1 Å². The van der Waals surface area contributed by atoms with Crippen LogP contribution in [0.4, 0.5) is 4.79 Å². The van der Waals surface area contributed by atoms with Crippen LogP contribution < -0.4 is 14.2 Å². The van der Waals surface area contributed by atoms with Gasteiger partial charge in [-0.1, -0.05) is 0 Å². The second-order valence-corrected chi connectivity index (χ2v) is 11.0. The van der Waals surface area contributed by atoms with Crippen LogP contribution in [0, 0.1) is 0 Å². The van der Waals surface area contributed by atoms with Crippen LogP contribution in [-0.2, 0) is 20.5 Å². The minimum atomic E-state index is -1.18. The quantitative estimate of drug-likeness (QED) is 0.686. The van der Waals surface area contributed by atoms with Crippen LogP contribution in [0.5, 0.6) is 11.5 Å². The Morgan fingerprint density at radius 2 is 1.88 bits per heavy atom. The highest BCUT2D eigenvalue weighted by Gasteiger charge is 2.43. The van der Waals surface area contributed by atoms with E-state index in [-0.39, 0.29) is 49.6 Å². The van der Waals surface area contributed by atoms with E-state index in [1.54, 1.807) is 11.2 Å². The van der Waals surface area contributed by atoms with Gasteiger partial charge in [0.15, 0.2) is 0 Å². The lowest BCUT2D eigenvalue weighted by Gasteiger charge is -2.34. The third-order valence-corrected chi connectivity index (χ3v) is 7.59. The minimum Gasteiger partial charge on any atom is -0.491 e. The summed E-state index contributed by atoms with van der Waals surface area (Å²) in [5.41, 5.74) is 1.18. The Morgan fingerprint density at radius 3 is 2.59 bits per heavy atom. The third-order valence-electron chi connectivity index (χ3n) is 6.96. The molecule has 1 aromatic carbocycles. The molecule has 190 valence electrons. The highest BCUT2D eigenvalue weighted by molar-refractivity contribution is 7.82. The van der Waals surface area contributed by atoms with Crippen molar-refractivity contribution in [3.8, 4) is 11.5 Å². The highest BCUT2D eigenvalue weighted by atomic mass is 32.2. The zero-order chi connectivity index (χ0) is 24.2. The number of carbonyl (C=O) groups excluding carboxylic acids is 1. The lowest BCUT2D eigenvalue weighted by atomic mass is 9.82. The first kappa shape index (κ1) is 25.3. The third kappa shape index (κ3) is 6.04. The van der Waals surface area contributed by atoms with Crippen molar-refractivity contribution in [3.63, 3.8) is 0 Å². The van der Waals surface area contributed by atoms with Crippen molar-refractivity contribution in [1.29, 1.82) is 0 Å². The topological polar surface area (TPSA) is 86.3 Å². The molecule has 4 unspecified atom stereocenters. The molecule has 4 aliphatic rings. The number of amides is 1. The van der Waals surface area contributed by atoms with Crippen LogP contribution in [0.3, 0.4) is 0 Å². The summed E-state index contributed by atoms with van der Waals surface area (Å²) >= 11 is 0. The smallest absolute Gasteiger partial charge is 0.410 e. The van der Waals surface area contributed by atoms with Crippen molar-refractivity contribution < 1.29 is 28.0 Å². The largest absolute Gasteiger partial charge is 0.491 e. The van der Waals surface area contributed by atoms with Crippen molar-refractivity contribution >= 4 is 17.1 Å². The summed E-state index contributed by atoms with van der Waals surface area (Å²) in [4.78, 5) is 14.7. The number of ether oxygens (including phenoxy) is 4. The molecule has 1 saturated heterocycles. The van der Waals surface area contributed by atoms with Gasteiger partial charge in [0.2, 0.25) is 0 Å². The van der Waals surface area contributed by atoms with E-state index in [1.165, 1.54) is 5.56 Å². The normalized spacial score (nSPS) is 31.0. The van der Waals surface area contributed by atoms with E-state index in [9.17, 15) is 9.00 Å². The zero-order valence-electron chi connectivity index (χ0n) is 20.7. The van der Waals surface area contributed by atoms with Crippen LogP contribution in [-0.4, -0.2) is 71.6 Å². The number of carbonyl (C=O) groups is 1. The Kier molecular flexibility index (Phi) is 8.37. The van der Waals surface area contributed by atoms with E-state index >= 15 is 0 Å². The summed E-state index contributed by atoms with van der Waals surface area (Å²) in [5.74, 6) is 2.06. The fourth-order valence-corrected chi connectivity index (χ4v) is 6.12. The summed E-state index contributed by atoms with van der Waals surface area (Å²) in [6, 6.07) is 5.63. The van der Waals surface area contributed by atoms with Gasteiger partial charge in [-0.05, 0) is 77.0 Å². The van der Waals surface area contributed by atoms with Crippen molar-refractivity contribution in [3.05, 3.63) is 23.8 Å². The van der Waals surface area contributed by atoms with Gasteiger partial charge in [0.1, 0.15) is 24.7 Å². The molecule has 1 aliphatic carbocycles. The van der Waals surface area contributed by atoms with Crippen molar-refractivity contribution in [2.45, 2.75) is 89.1 Å². The van der Waals surface area contributed by atoms with Gasteiger partial charge in [0.05, 0.1) is 35.8 Å². The number of nitrogens with one attached hydrogen (secondary N) is 1. The molecule has 1 N–H and O–H groups in total. The van der Waals surface area contributed by atoms with E-state index in [0.717, 1.165) is 37.2 Å². The fourth-order valence-electron chi connectivity index (χ4n) is 5.45. The number of fused-ring (bicyclic) bond motifs is 7. The Bertz CT molecular complexity index is 873. The van der Waals surface area contributed by atoms with Crippen LogP contribution in [0.1, 0.15) is 64.4 Å². The molecule has 1 amide bonds. The van der Waals surface area contributed by atoms with E-state index in [0.29, 0.717) is 18.9 Å². The first-order valence-corrected chi connectivity index (χ1v) is 14.0. The van der Waals surface area contributed by atoms with Crippen molar-refractivity contribution in [1.82, 2.24) is 9.62 Å². The highest BCUT2D eigenvalue weighted by Crippen LogP contribution is 2.40. The SMILES string of the molecule is CC(C)Oc1ccc2cc1C1CCC(CC1)OCC1C(NS(C)=O)CC(C)N1C(=O)OCCO2. The van der Waals surface area contributed by atoms with Gasteiger partial charge in [-0.3, -0.25) is 4.90 Å². The number of benzene rings is 1. The molecular formula is C25H38N2O6S. The average Bonchev–Trinajstić information content (AvgIpc) is 3.09. The molecule has 3 heterocycles.